The van der Waals surface area contributed by atoms with Gasteiger partial charge in [-0.15, -0.1) is 12.4 Å². The van der Waals surface area contributed by atoms with Gasteiger partial charge in [-0.25, -0.2) is 0 Å². The highest BCUT2D eigenvalue weighted by Crippen LogP contribution is 2.25. The molecule has 0 bridgehead atoms. The molecule has 1 aliphatic heterocycles. The molecule has 1 amide bonds. The number of carbonyl (C=O) groups excluding carboxylic acids is 1. The van der Waals surface area contributed by atoms with Crippen LogP contribution in [0.25, 0.3) is 0 Å². The quantitative estimate of drug-likeness (QED) is 0.844. The summed E-state index contributed by atoms with van der Waals surface area (Å²) in [5, 5.41) is 5.98. The fraction of sp³-hybridized carbons (Fsp3) is 0.500. The van der Waals surface area contributed by atoms with E-state index in [1.807, 2.05) is 26.0 Å². The monoisotopic (exact) mass is 378 g/mol. The molecule has 0 radical (unpaired) electrons. The maximum Gasteiger partial charge on any atom is 0.254 e. The number of halogens is 2. The number of ether oxygens (including phenoxy) is 2. The van der Waals surface area contributed by atoms with Crippen LogP contribution in [0.4, 0.5) is 5.69 Å². The molecule has 2 N–H and O–H groups in total. The molecule has 1 atom stereocenters. The zero-order valence-corrected chi connectivity index (χ0v) is 14.4. The van der Waals surface area contributed by atoms with Crippen LogP contribution in [0.15, 0.2) is 22.7 Å². The average molecular weight is 380 g/mol. The Kier molecular flexibility index (Phi) is 7.45. The Labute approximate surface area is 139 Å². The fourth-order valence-corrected chi connectivity index (χ4v) is 2.40. The summed E-state index contributed by atoms with van der Waals surface area (Å²) in [4.78, 5) is 12.1. The molecule has 1 unspecified atom stereocenters. The van der Waals surface area contributed by atoms with Gasteiger partial charge in [0.1, 0.15) is 11.9 Å². The first-order valence-electron chi connectivity index (χ1n) is 6.65. The summed E-state index contributed by atoms with van der Waals surface area (Å²) in [6.45, 7) is 5.79. The summed E-state index contributed by atoms with van der Waals surface area (Å²) >= 11 is 3.41. The number of hydrogen-bond acceptors (Lipinski definition) is 4. The van der Waals surface area contributed by atoms with Gasteiger partial charge in [0.25, 0.3) is 5.91 Å². The highest BCUT2D eigenvalue weighted by atomic mass is 79.9. The Bertz CT molecular complexity index is 479. The first-order chi connectivity index (χ1) is 9.54. The minimum Gasteiger partial charge on any atom is -0.491 e. The Morgan fingerprint density at radius 3 is 2.86 bits per heavy atom. The van der Waals surface area contributed by atoms with E-state index >= 15 is 0 Å². The lowest BCUT2D eigenvalue weighted by atomic mass is 10.2. The molecule has 1 aromatic rings. The number of nitrogens with one attached hydrogen (secondary N) is 2. The molecule has 1 saturated heterocycles. The maximum absolute atomic E-state index is 12.1. The van der Waals surface area contributed by atoms with E-state index in [1.165, 1.54) is 0 Å². The molecule has 1 heterocycles. The van der Waals surface area contributed by atoms with E-state index in [0.29, 0.717) is 24.6 Å². The Hall–Kier alpha value is -0.820. The first kappa shape index (κ1) is 18.2. The average Bonchev–Trinajstić information content (AvgIpc) is 2.38. The molecule has 0 aliphatic carbocycles. The lowest BCUT2D eigenvalue weighted by Gasteiger charge is -2.23. The van der Waals surface area contributed by atoms with E-state index in [0.717, 1.165) is 11.0 Å². The SMILES string of the molecule is CC(C)Oc1cc(Br)cc(NC(=O)C2CNCCO2)c1.Cl. The summed E-state index contributed by atoms with van der Waals surface area (Å²) in [5.41, 5.74) is 0.689. The van der Waals surface area contributed by atoms with Gasteiger partial charge in [-0.3, -0.25) is 4.79 Å². The molecule has 1 aliphatic rings. The second-order valence-electron chi connectivity index (χ2n) is 4.90. The van der Waals surface area contributed by atoms with Crippen molar-refractivity contribution < 1.29 is 14.3 Å². The van der Waals surface area contributed by atoms with Crippen LogP contribution in [0.3, 0.4) is 0 Å². The third-order valence-electron chi connectivity index (χ3n) is 2.73. The van der Waals surface area contributed by atoms with Crippen molar-refractivity contribution >= 4 is 39.9 Å². The number of anilines is 1. The van der Waals surface area contributed by atoms with Gasteiger partial charge < -0.3 is 20.1 Å². The largest absolute Gasteiger partial charge is 0.491 e. The van der Waals surface area contributed by atoms with Crippen LogP contribution < -0.4 is 15.4 Å². The predicted octanol–water partition coefficient (Wildman–Crippen LogP) is 2.59. The number of benzene rings is 1. The van der Waals surface area contributed by atoms with Crippen LogP contribution in [0, 0.1) is 0 Å². The minimum atomic E-state index is -0.447. The van der Waals surface area contributed by atoms with Crippen LogP contribution in [0.2, 0.25) is 0 Å². The van der Waals surface area contributed by atoms with Crippen LogP contribution in [-0.4, -0.2) is 37.8 Å². The molecule has 1 fully saturated rings. The van der Waals surface area contributed by atoms with E-state index in [2.05, 4.69) is 26.6 Å². The van der Waals surface area contributed by atoms with Crippen molar-refractivity contribution in [3.63, 3.8) is 0 Å². The number of amides is 1. The predicted molar refractivity (Wildman–Crippen MR) is 88.4 cm³/mol. The van der Waals surface area contributed by atoms with Crippen LogP contribution >= 0.6 is 28.3 Å². The maximum atomic E-state index is 12.1. The van der Waals surface area contributed by atoms with E-state index in [9.17, 15) is 4.79 Å². The van der Waals surface area contributed by atoms with Gasteiger partial charge in [-0.1, -0.05) is 15.9 Å². The number of rotatable bonds is 4. The van der Waals surface area contributed by atoms with Gasteiger partial charge in [-0.05, 0) is 26.0 Å². The topological polar surface area (TPSA) is 59.6 Å². The molecule has 7 heteroatoms. The zero-order chi connectivity index (χ0) is 14.5. The van der Waals surface area contributed by atoms with Crippen molar-refractivity contribution in [2.75, 3.05) is 25.0 Å². The summed E-state index contributed by atoms with van der Waals surface area (Å²) in [5.74, 6) is 0.568. The Morgan fingerprint density at radius 1 is 1.48 bits per heavy atom. The first-order valence-corrected chi connectivity index (χ1v) is 7.44. The molecule has 0 aromatic heterocycles. The summed E-state index contributed by atoms with van der Waals surface area (Å²) in [7, 11) is 0. The molecular formula is C14H20BrClN2O3. The second-order valence-corrected chi connectivity index (χ2v) is 5.81. The van der Waals surface area contributed by atoms with Crippen molar-refractivity contribution in [3.05, 3.63) is 22.7 Å². The number of hydrogen-bond donors (Lipinski definition) is 2. The molecule has 0 saturated carbocycles. The Morgan fingerprint density at radius 2 is 2.24 bits per heavy atom. The molecule has 2 rings (SSSR count). The summed E-state index contributed by atoms with van der Waals surface area (Å²) in [6.07, 6.45) is -0.365. The third-order valence-corrected chi connectivity index (χ3v) is 3.19. The molecule has 1 aromatic carbocycles. The van der Waals surface area contributed by atoms with E-state index in [4.69, 9.17) is 9.47 Å². The Balaban J connectivity index is 0.00000220. The van der Waals surface area contributed by atoms with Crippen LogP contribution in [0.1, 0.15) is 13.8 Å². The smallest absolute Gasteiger partial charge is 0.254 e. The van der Waals surface area contributed by atoms with Crippen LogP contribution in [0.5, 0.6) is 5.75 Å². The fourth-order valence-electron chi connectivity index (χ4n) is 1.93. The lowest BCUT2D eigenvalue weighted by molar-refractivity contribution is -0.128. The highest BCUT2D eigenvalue weighted by molar-refractivity contribution is 9.10. The van der Waals surface area contributed by atoms with Gasteiger partial charge in [0.15, 0.2) is 0 Å². The van der Waals surface area contributed by atoms with Gasteiger partial charge in [0.2, 0.25) is 0 Å². The van der Waals surface area contributed by atoms with Gasteiger partial charge in [0, 0.05) is 29.3 Å². The number of carbonyl (C=O) groups is 1. The van der Waals surface area contributed by atoms with Crippen LogP contribution in [-0.2, 0) is 9.53 Å². The van der Waals surface area contributed by atoms with Crippen molar-refractivity contribution in [3.8, 4) is 5.75 Å². The molecule has 0 spiro atoms. The zero-order valence-electron chi connectivity index (χ0n) is 12.0. The van der Waals surface area contributed by atoms with E-state index in [1.54, 1.807) is 6.07 Å². The van der Waals surface area contributed by atoms with Crippen molar-refractivity contribution in [1.29, 1.82) is 0 Å². The summed E-state index contributed by atoms with van der Waals surface area (Å²) < 4.78 is 11.9. The number of morpholine rings is 1. The lowest BCUT2D eigenvalue weighted by Crippen LogP contribution is -2.45. The van der Waals surface area contributed by atoms with E-state index in [-0.39, 0.29) is 24.4 Å². The molecule has 118 valence electrons. The van der Waals surface area contributed by atoms with Crippen molar-refractivity contribution in [2.45, 2.75) is 26.1 Å². The normalized spacial score (nSPS) is 18.0. The molecule has 21 heavy (non-hydrogen) atoms. The van der Waals surface area contributed by atoms with Crippen molar-refractivity contribution in [2.24, 2.45) is 0 Å². The third kappa shape index (κ3) is 5.82. The molecular weight excluding hydrogens is 360 g/mol. The highest BCUT2D eigenvalue weighted by Gasteiger charge is 2.21. The van der Waals surface area contributed by atoms with Gasteiger partial charge >= 0.3 is 0 Å². The van der Waals surface area contributed by atoms with Gasteiger partial charge in [0.05, 0.1) is 12.7 Å². The van der Waals surface area contributed by atoms with E-state index < -0.39 is 6.10 Å². The molecule has 5 nitrogen and oxygen atoms in total. The standard InChI is InChI=1S/C14H19BrN2O3.ClH/c1-9(2)20-12-6-10(15)5-11(7-12)17-14(18)13-8-16-3-4-19-13;/h5-7,9,13,16H,3-4,8H2,1-2H3,(H,17,18);1H. The van der Waals surface area contributed by atoms with Gasteiger partial charge in [-0.2, -0.15) is 0 Å². The second kappa shape index (κ2) is 8.58. The summed E-state index contributed by atoms with van der Waals surface area (Å²) in [6, 6.07) is 5.51. The van der Waals surface area contributed by atoms with Crippen molar-refractivity contribution in [1.82, 2.24) is 5.32 Å². The minimum absolute atomic E-state index is 0.